The van der Waals surface area contributed by atoms with Gasteiger partial charge in [-0.25, -0.2) is 8.78 Å². The maximum atomic E-state index is 13.1. The maximum absolute atomic E-state index is 13.1. The van der Waals surface area contributed by atoms with Crippen molar-refractivity contribution in [3.63, 3.8) is 0 Å². The van der Waals surface area contributed by atoms with E-state index in [-0.39, 0.29) is 12.8 Å². The molecule has 0 radical (unpaired) electrons. The molecule has 94 valence electrons. The van der Waals surface area contributed by atoms with E-state index in [1.165, 1.54) is 0 Å². The first-order chi connectivity index (χ1) is 8.16. The fourth-order valence-electron chi connectivity index (χ4n) is 2.51. The molecule has 0 aliphatic carbocycles. The first kappa shape index (κ1) is 11.0. The maximum Gasteiger partial charge on any atom is 0.251 e. The number of aromatic nitrogens is 2. The molecule has 0 spiro atoms. The van der Waals surface area contributed by atoms with Gasteiger partial charge in [-0.3, -0.25) is 4.68 Å². The highest BCUT2D eigenvalue weighted by molar-refractivity contribution is 5.50. The summed E-state index contributed by atoms with van der Waals surface area (Å²) in [5.41, 5.74) is 2.15. The number of piperidine rings is 1. The molecule has 3 rings (SSSR count). The van der Waals surface area contributed by atoms with E-state index in [9.17, 15) is 8.78 Å². The monoisotopic (exact) mass is 242 g/mol. The van der Waals surface area contributed by atoms with Gasteiger partial charge in [0.1, 0.15) is 0 Å². The molecule has 6 heteroatoms. The molecule has 0 unspecified atom stereocenters. The van der Waals surface area contributed by atoms with Gasteiger partial charge in [0.15, 0.2) is 0 Å². The summed E-state index contributed by atoms with van der Waals surface area (Å²) in [6.07, 6.45) is 1.71. The predicted molar refractivity (Wildman–Crippen MR) is 60.3 cm³/mol. The molecule has 1 aromatic rings. The standard InChI is InChI=1S/C11H16F2N4/c12-11(13)1-4-16(5-2-11)9-8-15-17-6-3-14-7-10(9)17/h8,14H,1-7H2. The van der Waals surface area contributed by atoms with Gasteiger partial charge < -0.3 is 10.2 Å². The van der Waals surface area contributed by atoms with E-state index in [0.29, 0.717) is 13.1 Å². The fourth-order valence-corrected chi connectivity index (χ4v) is 2.51. The number of rotatable bonds is 1. The normalized spacial score (nSPS) is 23.5. The summed E-state index contributed by atoms with van der Waals surface area (Å²) in [6.45, 7) is 3.41. The Morgan fingerprint density at radius 2 is 2.00 bits per heavy atom. The number of nitrogens with one attached hydrogen (secondary N) is 1. The molecular weight excluding hydrogens is 226 g/mol. The van der Waals surface area contributed by atoms with Crippen LogP contribution in [0.3, 0.4) is 0 Å². The Morgan fingerprint density at radius 3 is 2.76 bits per heavy atom. The van der Waals surface area contributed by atoms with Crippen molar-refractivity contribution in [2.75, 3.05) is 24.5 Å². The molecule has 4 nitrogen and oxygen atoms in total. The van der Waals surface area contributed by atoms with Crippen LogP contribution in [0.25, 0.3) is 0 Å². The molecule has 1 saturated heterocycles. The van der Waals surface area contributed by atoms with E-state index in [2.05, 4.69) is 10.4 Å². The van der Waals surface area contributed by atoms with Crippen molar-refractivity contribution in [2.45, 2.75) is 31.9 Å². The second-order valence-corrected chi connectivity index (χ2v) is 4.72. The molecule has 1 fully saturated rings. The third-order valence-electron chi connectivity index (χ3n) is 3.56. The van der Waals surface area contributed by atoms with Crippen LogP contribution < -0.4 is 10.2 Å². The number of fused-ring (bicyclic) bond motifs is 1. The van der Waals surface area contributed by atoms with Crippen LogP contribution in [-0.2, 0) is 13.1 Å². The van der Waals surface area contributed by atoms with Crippen molar-refractivity contribution >= 4 is 5.69 Å². The van der Waals surface area contributed by atoms with E-state index in [1.54, 1.807) is 0 Å². The number of nitrogens with zero attached hydrogens (tertiary/aromatic N) is 3. The zero-order valence-corrected chi connectivity index (χ0v) is 9.62. The lowest BCUT2D eigenvalue weighted by Crippen LogP contribution is -2.40. The van der Waals surface area contributed by atoms with Crippen LogP contribution in [0.15, 0.2) is 6.20 Å². The number of hydrogen-bond acceptors (Lipinski definition) is 3. The minimum Gasteiger partial charge on any atom is -0.368 e. The summed E-state index contributed by atoms with van der Waals surface area (Å²) in [4.78, 5) is 2.03. The van der Waals surface area contributed by atoms with E-state index in [1.807, 2.05) is 15.8 Å². The van der Waals surface area contributed by atoms with Gasteiger partial charge in [-0.15, -0.1) is 0 Å². The summed E-state index contributed by atoms with van der Waals surface area (Å²) in [5.74, 6) is -2.48. The summed E-state index contributed by atoms with van der Waals surface area (Å²) in [5, 5.41) is 7.60. The molecule has 0 amide bonds. The number of anilines is 1. The molecule has 0 saturated carbocycles. The van der Waals surface area contributed by atoms with Crippen LogP contribution in [0.5, 0.6) is 0 Å². The topological polar surface area (TPSA) is 33.1 Å². The Balaban J connectivity index is 1.79. The van der Waals surface area contributed by atoms with Crippen LogP contribution in [-0.4, -0.2) is 35.3 Å². The van der Waals surface area contributed by atoms with Crippen molar-refractivity contribution in [3.05, 3.63) is 11.9 Å². The lowest BCUT2D eigenvalue weighted by molar-refractivity contribution is -0.0220. The first-order valence-corrected chi connectivity index (χ1v) is 6.04. The quantitative estimate of drug-likeness (QED) is 0.804. The summed E-state index contributed by atoms with van der Waals surface area (Å²) < 4.78 is 28.2. The Bertz CT molecular complexity index is 406. The summed E-state index contributed by atoms with van der Waals surface area (Å²) in [7, 11) is 0. The molecule has 1 aromatic heterocycles. The highest BCUT2D eigenvalue weighted by Crippen LogP contribution is 2.32. The van der Waals surface area contributed by atoms with Gasteiger partial charge >= 0.3 is 0 Å². The van der Waals surface area contributed by atoms with Crippen LogP contribution in [0.2, 0.25) is 0 Å². The van der Waals surface area contributed by atoms with Crippen LogP contribution in [0, 0.1) is 0 Å². The number of hydrogen-bond donors (Lipinski definition) is 1. The van der Waals surface area contributed by atoms with Gasteiger partial charge in [-0.05, 0) is 0 Å². The summed E-state index contributed by atoms with van der Waals surface area (Å²) >= 11 is 0. The second kappa shape index (κ2) is 3.94. The molecule has 2 aliphatic rings. The third kappa shape index (κ3) is 2.01. The lowest BCUT2D eigenvalue weighted by Gasteiger charge is -2.33. The number of alkyl halides is 2. The SMILES string of the molecule is FC1(F)CCN(c2cnn3c2CNCC3)CC1. The Hall–Kier alpha value is -1.17. The van der Waals surface area contributed by atoms with Gasteiger partial charge in [0.05, 0.1) is 24.1 Å². The average molecular weight is 242 g/mol. The highest BCUT2D eigenvalue weighted by atomic mass is 19.3. The average Bonchev–Trinajstić information content (AvgIpc) is 2.73. The van der Waals surface area contributed by atoms with Crippen molar-refractivity contribution in [2.24, 2.45) is 0 Å². The second-order valence-electron chi connectivity index (χ2n) is 4.72. The Morgan fingerprint density at radius 1 is 1.24 bits per heavy atom. The third-order valence-corrected chi connectivity index (χ3v) is 3.56. The highest BCUT2D eigenvalue weighted by Gasteiger charge is 2.35. The smallest absolute Gasteiger partial charge is 0.251 e. The van der Waals surface area contributed by atoms with E-state index in [4.69, 9.17) is 0 Å². The van der Waals surface area contributed by atoms with E-state index >= 15 is 0 Å². The van der Waals surface area contributed by atoms with Gasteiger partial charge in [-0.2, -0.15) is 5.10 Å². The fraction of sp³-hybridized carbons (Fsp3) is 0.727. The van der Waals surface area contributed by atoms with Gasteiger partial charge in [0, 0.05) is 39.0 Å². The molecule has 3 heterocycles. The minimum atomic E-state index is -2.48. The zero-order chi connectivity index (χ0) is 11.9. The van der Waals surface area contributed by atoms with Gasteiger partial charge in [0.2, 0.25) is 0 Å². The number of halogens is 2. The Labute approximate surface area is 98.6 Å². The Kier molecular flexibility index (Phi) is 2.54. The molecule has 2 aliphatic heterocycles. The molecule has 0 aromatic carbocycles. The molecule has 0 bridgehead atoms. The van der Waals surface area contributed by atoms with Gasteiger partial charge in [-0.1, -0.05) is 0 Å². The first-order valence-electron chi connectivity index (χ1n) is 6.04. The van der Waals surface area contributed by atoms with Crippen molar-refractivity contribution in [1.29, 1.82) is 0 Å². The zero-order valence-electron chi connectivity index (χ0n) is 9.62. The predicted octanol–water partition coefficient (Wildman–Crippen LogP) is 1.22. The van der Waals surface area contributed by atoms with Crippen LogP contribution in [0.1, 0.15) is 18.5 Å². The van der Waals surface area contributed by atoms with Crippen LogP contribution in [0.4, 0.5) is 14.5 Å². The molecule has 17 heavy (non-hydrogen) atoms. The molecular formula is C11H16F2N4. The lowest BCUT2D eigenvalue weighted by atomic mass is 10.1. The van der Waals surface area contributed by atoms with Crippen molar-refractivity contribution in [3.8, 4) is 0 Å². The van der Waals surface area contributed by atoms with Crippen molar-refractivity contribution in [1.82, 2.24) is 15.1 Å². The van der Waals surface area contributed by atoms with Gasteiger partial charge in [0.25, 0.3) is 5.92 Å². The minimum absolute atomic E-state index is 0.0505. The summed E-state index contributed by atoms with van der Waals surface area (Å²) in [6, 6.07) is 0. The van der Waals surface area contributed by atoms with Crippen LogP contribution >= 0.6 is 0 Å². The van der Waals surface area contributed by atoms with E-state index < -0.39 is 5.92 Å². The molecule has 1 N–H and O–H groups in total. The van der Waals surface area contributed by atoms with Crippen molar-refractivity contribution < 1.29 is 8.78 Å². The van der Waals surface area contributed by atoms with E-state index in [0.717, 1.165) is 31.0 Å². The molecule has 0 atom stereocenters. The largest absolute Gasteiger partial charge is 0.368 e.